The lowest BCUT2D eigenvalue weighted by Crippen LogP contribution is -2.32. The normalized spacial score (nSPS) is 19.9. The van der Waals surface area contributed by atoms with Crippen LogP contribution in [0.2, 0.25) is 5.15 Å². The molecule has 2 aromatic heterocycles. The third-order valence-electron chi connectivity index (χ3n) is 3.09. The first kappa shape index (κ1) is 11.3. The molecule has 1 unspecified atom stereocenters. The molecule has 0 saturated heterocycles. The molecule has 0 radical (unpaired) electrons. The summed E-state index contributed by atoms with van der Waals surface area (Å²) >= 11 is 7.59. The van der Waals surface area contributed by atoms with Crippen molar-refractivity contribution in [1.82, 2.24) is 15.2 Å². The van der Waals surface area contributed by atoms with Crippen molar-refractivity contribution in [2.75, 3.05) is 0 Å². The molecule has 3 rings (SSSR count). The van der Waals surface area contributed by atoms with Crippen molar-refractivity contribution in [3.8, 4) is 0 Å². The molecule has 17 heavy (non-hydrogen) atoms. The average Bonchev–Trinajstić information content (AvgIpc) is 2.67. The molecule has 1 atom stereocenters. The second kappa shape index (κ2) is 4.15. The predicted molar refractivity (Wildman–Crippen MR) is 65.2 cm³/mol. The minimum absolute atomic E-state index is 0.0562. The summed E-state index contributed by atoms with van der Waals surface area (Å²) in [5.74, 6) is 0. The Morgan fingerprint density at radius 1 is 1.53 bits per heavy atom. The first-order valence-corrected chi connectivity index (χ1v) is 6.42. The molecule has 0 saturated carbocycles. The SMILES string of the molecule is [O-]N(O)C1CCc2c(sc3ncnc(Cl)c23)C1. The van der Waals surface area contributed by atoms with E-state index in [1.54, 1.807) is 0 Å². The lowest BCUT2D eigenvalue weighted by molar-refractivity contribution is -0.0818. The van der Waals surface area contributed by atoms with E-state index in [-0.39, 0.29) is 11.3 Å². The van der Waals surface area contributed by atoms with E-state index in [1.165, 1.54) is 17.7 Å². The highest BCUT2D eigenvalue weighted by Crippen LogP contribution is 2.38. The first-order valence-electron chi connectivity index (χ1n) is 5.23. The zero-order valence-electron chi connectivity index (χ0n) is 8.76. The molecule has 1 aliphatic carbocycles. The van der Waals surface area contributed by atoms with Gasteiger partial charge in [0.15, 0.2) is 0 Å². The standard InChI is InChI=1S/C10H9ClN3O2S/c11-9-8-6-2-1-5(14(15)16)3-7(6)17-10(8)13-4-12-9/h4-5,15H,1-3H2/q-1. The third-order valence-corrected chi connectivity index (χ3v) is 4.53. The van der Waals surface area contributed by atoms with Crippen LogP contribution in [0, 0.1) is 5.21 Å². The number of fused-ring (bicyclic) bond motifs is 3. The van der Waals surface area contributed by atoms with Crippen LogP contribution in [0.4, 0.5) is 0 Å². The van der Waals surface area contributed by atoms with E-state index in [0.29, 0.717) is 18.0 Å². The molecule has 90 valence electrons. The topological polar surface area (TPSA) is 72.3 Å². The van der Waals surface area contributed by atoms with Crippen LogP contribution in [0.5, 0.6) is 0 Å². The van der Waals surface area contributed by atoms with Gasteiger partial charge in [-0.25, -0.2) is 9.97 Å². The average molecular weight is 271 g/mol. The molecule has 7 heteroatoms. The molecule has 0 spiro atoms. The Morgan fingerprint density at radius 3 is 3.12 bits per heavy atom. The number of rotatable bonds is 1. The summed E-state index contributed by atoms with van der Waals surface area (Å²) in [5.41, 5.74) is 1.13. The van der Waals surface area contributed by atoms with Crippen molar-refractivity contribution in [1.29, 1.82) is 0 Å². The predicted octanol–water partition coefficient (Wildman–Crippen LogP) is 2.39. The van der Waals surface area contributed by atoms with Crippen molar-refractivity contribution in [2.45, 2.75) is 25.3 Å². The number of nitrogens with zero attached hydrogens (tertiary/aromatic N) is 3. The number of hydrogen-bond acceptors (Lipinski definition) is 6. The summed E-state index contributed by atoms with van der Waals surface area (Å²) in [5, 5.41) is 21.3. The summed E-state index contributed by atoms with van der Waals surface area (Å²) in [6, 6.07) is -0.359. The van der Waals surface area contributed by atoms with E-state index in [4.69, 9.17) is 16.8 Å². The quantitative estimate of drug-likeness (QED) is 0.636. The second-order valence-electron chi connectivity index (χ2n) is 4.05. The minimum atomic E-state index is -0.359. The molecule has 2 aromatic rings. The van der Waals surface area contributed by atoms with Gasteiger partial charge in [-0.15, -0.1) is 11.3 Å². The highest BCUT2D eigenvalue weighted by Gasteiger charge is 2.25. The lowest BCUT2D eigenvalue weighted by Gasteiger charge is -2.33. The zero-order chi connectivity index (χ0) is 12.0. The van der Waals surface area contributed by atoms with E-state index in [9.17, 15) is 5.21 Å². The Kier molecular flexibility index (Phi) is 2.76. The summed E-state index contributed by atoms with van der Waals surface area (Å²) < 4.78 is 0. The molecule has 0 bridgehead atoms. The Bertz CT molecular complexity index is 572. The van der Waals surface area contributed by atoms with Gasteiger partial charge in [0.05, 0.1) is 5.39 Å². The van der Waals surface area contributed by atoms with Crippen LogP contribution in [0.15, 0.2) is 6.33 Å². The van der Waals surface area contributed by atoms with Gasteiger partial charge in [0, 0.05) is 10.9 Å². The Hall–Kier alpha value is -0.790. The first-order chi connectivity index (χ1) is 8.16. The minimum Gasteiger partial charge on any atom is -0.762 e. The molecule has 0 aliphatic heterocycles. The maximum Gasteiger partial charge on any atom is 0.141 e. The monoisotopic (exact) mass is 270 g/mol. The number of aryl methyl sites for hydroxylation is 1. The molecule has 5 nitrogen and oxygen atoms in total. The fourth-order valence-corrected chi connectivity index (χ4v) is 3.80. The largest absolute Gasteiger partial charge is 0.762 e. The van der Waals surface area contributed by atoms with Crippen molar-refractivity contribution in [3.05, 3.63) is 27.1 Å². The molecule has 2 heterocycles. The Morgan fingerprint density at radius 2 is 2.35 bits per heavy atom. The maximum absolute atomic E-state index is 10.9. The van der Waals surface area contributed by atoms with Crippen molar-refractivity contribution in [3.63, 3.8) is 0 Å². The van der Waals surface area contributed by atoms with Crippen LogP contribution in [0.25, 0.3) is 10.2 Å². The van der Waals surface area contributed by atoms with E-state index in [0.717, 1.165) is 27.1 Å². The number of hydroxylamine groups is 2. The van der Waals surface area contributed by atoms with Crippen LogP contribution in [0.1, 0.15) is 16.9 Å². The summed E-state index contributed by atoms with van der Waals surface area (Å²) in [4.78, 5) is 10.1. The number of halogens is 1. The molecular formula is C10H9ClN3O2S-. The van der Waals surface area contributed by atoms with Crippen LogP contribution in [-0.4, -0.2) is 26.4 Å². The van der Waals surface area contributed by atoms with Crippen LogP contribution in [-0.2, 0) is 12.8 Å². The molecular weight excluding hydrogens is 262 g/mol. The summed E-state index contributed by atoms with van der Waals surface area (Å²) in [7, 11) is 0. The van der Waals surface area contributed by atoms with Gasteiger partial charge < -0.3 is 10.4 Å². The number of hydrogen-bond donors (Lipinski definition) is 1. The molecule has 1 N–H and O–H groups in total. The fourth-order valence-electron chi connectivity index (χ4n) is 2.24. The highest BCUT2D eigenvalue weighted by atomic mass is 35.5. The van der Waals surface area contributed by atoms with Gasteiger partial charge in [0.1, 0.15) is 16.3 Å². The van der Waals surface area contributed by atoms with Gasteiger partial charge in [0.2, 0.25) is 0 Å². The van der Waals surface area contributed by atoms with Gasteiger partial charge in [-0.05, 0) is 24.8 Å². The van der Waals surface area contributed by atoms with Crippen LogP contribution in [0.3, 0.4) is 0 Å². The van der Waals surface area contributed by atoms with Gasteiger partial charge in [-0.2, -0.15) is 0 Å². The molecule has 0 fully saturated rings. The fraction of sp³-hybridized carbons (Fsp3) is 0.400. The number of aromatic nitrogens is 2. The molecule has 1 aliphatic rings. The van der Waals surface area contributed by atoms with E-state index < -0.39 is 0 Å². The maximum atomic E-state index is 10.9. The van der Waals surface area contributed by atoms with Crippen LogP contribution >= 0.6 is 22.9 Å². The molecule has 0 amide bonds. The van der Waals surface area contributed by atoms with Crippen molar-refractivity contribution in [2.24, 2.45) is 0 Å². The summed E-state index contributed by atoms with van der Waals surface area (Å²) in [6.07, 6.45) is 3.35. The Balaban J connectivity index is 2.11. The lowest BCUT2D eigenvalue weighted by atomic mass is 9.93. The van der Waals surface area contributed by atoms with Gasteiger partial charge >= 0.3 is 0 Å². The van der Waals surface area contributed by atoms with Gasteiger partial charge in [0.25, 0.3) is 0 Å². The zero-order valence-corrected chi connectivity index (χ0v) is 10.3. The smallest absolute Gasteiger partial charge is 0.141 e. The van der Waals surface area contributed by atoms with Gasteiger partial charge in [-0.1, -0.05) is 11.6 Å². The second-order valence-corrected chi connectivity index (χ2v) is 5.49. The van der Waals surface area contributed by atoms with Crippen molar-refractivity contribution >= 4 is 33.2 Å². The Labute approximate surface area is 106 Å². The summed E-state index contributed by atoms with van der Waals surface area (Å²) in [6.45, 7) is 0. The number of thiophene rings is 1. The van der Waals surface area contributed by atoms with E-state index in [1.807, 2.05) is 0 Å². The molecule has 0 aromatic carbocycles. The van der Waals surface area contributed by atoms with E-state index in [2.05, 4.69) is 9.97 Å². The third kappa shape index (κ3) is 1.82. The van der Waals surface area contributed by atoms with Gasteiger partial charge in [-0.3, -0.25) is 5.23 Å². The van der Waals surface area contributed by atoms with Crippen LogP contribution < -0.4 is 0 Å². The van der Waals surface area contributed by atoms with Crippen molar-refractivity contribution < 1.29 is 5.21 Å². The highest BCUT2D eigenvalue weighted by molar-refractivity contribution is 7.19. The van der Waals surface area contributed by atoms with E-state index >= 15 is 0 Å².